The van der Waals surface area contributed by atoms with Gasteiger partial charge in [0.1, 0.15) is 0 Å². The van der Waals surface area contributed by atoms with Crippen molar-refractivity contribution in [1.29, 1.82) is 0 Å². The van der Waals surface area contributed by atoms with Crippen molar-refractivity contribution >= 4 is 11.9 Å². The Bertz CT molecular complexity index is 765. The highest BCUT2D eigenvalue weighted by Gasteiger charge is 2.22. The van der Waals surface area contributed by atoms with Gasteiger partial charge in [-0.25, -0.2) is 4.79 Å². The van der Waals surface area contributed by atoms with Gasteiger partial charge >= 0.3 is 5.97 Å². The van der Waals surface area contributed by atoms with Gasteiger partial charge < -0.3 is 10.0 Å². The van der Waals surface area contributed by atoms with Crippen molar-refractivity contribution in [3.63, 3.8) is 0 Å². The van der Waals surface area contributed by atoms with Gasteiger partial charge in [-0.1, -0.05) is 18.2 Å². The van der Waals surface area contributed by atoms with Crippen LogP contribution in [0.2, 0.25) is 0 Å². The highest BCUT2D eigenvalue weighted by atomic mass is 16.4. The number of carboxylic acid groups (broad SMARTS) is 1. The van der Waals surface area contributed by atoms with Crippen LogP contribution < -0.4 is 0 Å². The highest BCUT2D eigenvalue weighted by Crippen LogP contribution is 2.31. The van der Waals surface area contributed by atoms with E-state index in [1.54, 1.807) is 31.3 Å². The number of hydrogen-bond acceptors (Lipinski definition) is 3. The number of carbonyl (C=O) groups is 2. The minimum Gasteiger partial charge on any atom is -0.478 e. The minimum absolute atomic E-state index is 0.124. The first-order chi connectivity index (χ1) is 11.6. The van der Waals surface area contributed by atoms with Crippen LogP contribution in [0.5, 0.6) is 0 Å². The first-order valence-electron chi connectivity index (χ1n) is 8.10. The molecule has 1 amide bonds. The van der Waals surface area contributed by atoms with Gasteiger partial charge in [-0.05, 0) is 42.5 Å². The smallest absolute Gasteiger partial charge is 0.336 e. The molecule has 1 aliphatic rings. The Morgan fingerprint density at radius 3 is 2.54 bits per heavy atom. The second-order valence-corrected chi connectivity index (χ2v) is 6.11. The number of aromatic carboxylic acids is 1. The van der Waals surface area contributed by atoms with Gasteiger partial charge in [0, 0.05) is 31.8 Å². The Morgan fingerprint density at radius 2 is 1.88 bits per heavy atom. The Kier molecular flexibility index (Phi) is 4.60. The third-order valence-corrected chi connectivity index (χ3v) is 4.63. The maximum Gasteiger partial charge on any atom is 0.336 e. The number of rotatable bonds is 3. The van der Waals surface area contributed by atoms with E-state index in [-0.39, 0.29) is 11.5 Å². The van der Waals surface area contributed by atoms with Gasteiger partial charge in [0.25, 0.3) is 0 Å². The molecular formula is C19H20N2O3. The number of amides is 1. The van der Waals surface area contributed by atoms with Gasteiger partial charge in [0.05, 0.1) is 11.3 Å². The number of pyridine rings is 1. The molecule has 124 valence electrons. The van der Waals surface area contributed by atoms with Crippen molar-refractivity contribution in [3.05, 3.63) is 53.7 Å². The average molecular weight is 324 g/mol. The van der Waals surface area contributed by atoms with Crippen LogP contribution >= 0.6 is 0 Å². The molecule has 1 fully saturated rings. The molecule has 0 spiro atoms. The number of carboxylic acids is 1. The number of likely N-dealkylation sites (tertiary alicyclic amines) is 1. The third-order valence-electron chi connectivity index (χ3n) is 4.63. The largest absolute Gasteiger partial charge is 0.478 e. The lowest BCUT2D eigenvalue weighted by atomic mass is 9.89. The van der Waals surface area contributed by atoms with Crippen LogP contribution in [0, 0.1) is 0 Å². The molecular weight excluding hydrogens is 304 g/mol. The summed E-state index contributed by atoms with van der Waals surface area (Å²) in [5.41, 5.74) is 2.73. The fraction of sp³-hybridized carbons (Fsp3) is 0.316. The molecule has 1 saturated heterocycles. The molecule has 1 aromatic carbocycles. The molecule has 0 bridgehead atoms. The average Bonchev–Trinajstić information content (AvgIpc) is 2.62. The summed E-state index contributed by atoms with van der Waals surface area (Å²) in [7, 11) is 0. The standard InChI is InChI=1S/C19H20N2O3/c1-13(22)21-10-7-14(8-11-21)15-6-9-20-18(12-15)16-4-2-3-5-17(16)19(23)24/h2-6,9,12,14H,7-8,10-11H2,1H3,(H,23,24). The third kappa shape index (κ3) is 3.30. The summed E-state index contributed by atoms with van der Waals surface area (Å²) in [6.07, 6.45) is 3.58. The van der Waals surface area contributed by atoms with Crippen molar-refractivity contribution in [2.45, 2.75) is 25.7 Å². The summed E-state index contributed by atoms with van der Waals surface area (Å²) >= 11 is 0. The summed E-state index contributed by atoms with van der Waals surface area (Å²) < 4.78 is 0. The number of nitrogens with zero attached hydrogens (tertiary/aromatic N) is 2. The Labute approximate surface area is 140 Å². The number of piperidine rings is 1. The molecule has 0 saturated carbocycles. The summed E-state index contributed by atoms with van der Waals surface area (Å²) in [6.45, 7) is 3.14. The lowest BCUT2D eigenvalue weighted by molar-refractivity contribution is -0.129. The number of aromatic nitrogens is 1. The van der Waals surface area contributed by atoms with Crippen molar-refractivity contribution < 1.29 is 14.7 Å². The van der Waals surface area contributed by atoms with Crippen molar-refractivity contribution in [2.24, 2.45) is 0 Å². The van der Waals surface area contributed by atoms with Gasteiger partial charge in [0.15, 0.2) is 0 Å². The van der Waals surface area contributed by atoms with Crippen molar-refractivity contribution in [1.82, 2.24) is 9.88 Å². The SMILES string of the molecule is CC(=O)N1CCC(c2ccnc(-c3ccccc3C(=O)O)c2)CC1. The fourth-order valence-corrected chi connectivity index (χ4v) is 3.27. The van der Waals surface area contributed by atoms with E-state index in [1.165, 1.54) is 0 Å². The van der Waals surface area contributed by atoms with E-state index in [0.29, 0.717) is 17.2 Å². The zero-order valence-electron chi connectivity index (χ0n) is 13.6. The molecule has 1 aliphatic heterocycles. The molecule has 1 aromatic heterocycles. The van der Waals surface area contributed by atoms with E-state index >= 15 is 0 Å². The van der Waals surface area contributed by atoms with Crippen LogP contribution in [-0.4, -0.2) is 40.0 Å². The van der Waals surface area contributed by atoms with Crippen molar-refractivity contribution in [3.8, 4) is 11.3 Å². The molecule has 0 radical (unpaired) electrons. The first-order valence-corrected chi connectivity index (χ1v) is 8.10. The van der Waals surface area contributed by atoms with E-state index in [1.807, 2.05) is 23.1 Å². The fourth-order valence-electron chi connectivity index (χ4n) is 3.27. The van der Waals surface area contributed by atoms with Gasteiger partial charge in [-0.2, -0.15) is 0 Å². The van der Waals surface area contributed by atoms with Crippen LogP contribution in [0.1, 0.15) is 41.6 Å². The number of hydrogen-bond donors (Lipinski definition) is 1. The summed E-state index contributed by atoms with van der Waals surface area (Å²) in [5.74, 6) is -0.453. The first kappa shape index (κ1) is 16.2. The van der Waals surface area contributed by atoms with Crippen molar-refractivity contribution in [2.75, 3.05) is 13.1 Å². The topological polar surface area (TPSA) is 70.5 Å². The molecule has 5 nitrogen and oxygen atoms in total. The molecule has 0 aliphatic carbocycles. The van der Waals surface area contributed by atoms with Crippen LogP contribution in [-0.2, 0) is 4.79 Å². The van der Waals surface area contributed by atoms with Gasteiger partial charge in [0.2, 0.25) is 5.91 Å². The molecule has 3 rings (SSSR count). The number of carbonyl (C=O) groups excluding carboxylic acids is 1. The Balaban J connectivity index is 1.86. The molecule has 24 heavy (non-hydrogen) atoms. The lowest BCUT2D eigenvalue weighted by Crippen LogP contribution is -2.36. The molecule has 5 heteroatoms. The predicted molar refractivity (Wildman–Crippen MR) is 90.9 cm³/mol. The monoisotopic (exact) mass is 324 g/mol. The Morgan fingerprint density at radius 1 is 1.17 bits per heavy atom. The molecule has 2 aromatic rings. The van der Waals surface area contributed by atoms with Crippen LogP contribution in [0.25, 0.3) is 11.3 Å². The van der Waals surface area contributed by atoms with E-state index in [9.17, 15) is 14.7 Å². The van der Waals surface area contributed by atoms with E-state index in [2.05, 4.69) is 4.98 Å². The minimum atomic E-state index is -0.951. The quantitative estimate of drug-likeness (QED) is 0.941. The van der Waals surface area contributed by atoms with Crippen LogP contribution in [0.4, 0.5) is 0 Å². The zero-order chi connectivity index (χ0) is 17.1. The second kappa shape index (κ2) is 6.83. The maximum absolute atomic E-state index is 11.4. The van der Waals surface area contributed by atoms with E-state index < -0.39 is 5.97 Å². The molecule has 0 atom stereocenters. The van der Waals surface area contributed by atoms with E-state index in [0.717, 1.165) is 31.5 Å². The van der Waals surface area contributed by atoms with Crippen LogP contribution in [0.15, 0.2) is 42.6 Å². The normalized spacial score (nSPS) is 15.3. The molecule has 1 N–H and O–H groups in total. The molecule has 2 heterocycles. The molecule has 0 unspecified atom stereocenters. The second-order valence-electron chi connectivity index (χ2n) is 6.11. The highest BCUT2D eigenvalue weighted by molar-refractivity contribution is 5.95. The summed E-state index contributed by atoms with van der Waals surface area (Å²) in [6, 6.07) is 10.9. The predicted octanol–water partition coefficient (Wildman–Crippen LogP) is 3.17. The zero-order valence-corrected chi connectivity index (χ0v) is 13.6. The summed E-state index contributed by atoms with van der Waals surface area (Å²) in [5, 5.41) is 9.36. The maximum atomic E-state index is 11.4. The van der Waals surface area contributed by atoms with Crippen LogP contribution in [0.3, 0.4) is 0 Å². The van der Waals surface area contributed by atoms with Gasteiger partial charge in [-0.3, -0.25) is 9.78 Å². The lowest BCUT2D eigenvalue weighted by Gasteiger charge is -2.31. The summed E-state index contributed by atoms with van der Waals surface area (Å²) in [4.78, 5) is 29.1. The number of benzene rings is 1. The Hall–Kier alpha value is -2.69. The van der Waals surface area contributed by atoms with E-state index in [4.69, 9.17) is 0 Å². The van der Waals surface area contributed by atoms with Gasteiger partial charge in [-0.15, -0.1) is 0 Å².